The first-order valence-electron chi connectivity index (χ1n) is 8.60. The normalized spacial score (nSPS) is 37.1. The number of rotatable bonds is 2. The van der Waals surface area contributed by atoms with Crippen LogP contribution in [-0.2, 0) is 0 Å². The predicted octanol–water partition coefficient (Wildman–Crippen LogP) is 1.38. The van der Waals surface area contributed by atoms with Crippen LogP contribution in [0.4, 0.5) is 0 Å². The molecule has 3 fully saturated rings. The Morgan fingerprint density at radius 1 is 1.17 bits per heavy atom. The molecular formula is C17H24N2O3S. The van der Waals surface area contributed by atoms with Crippen molar-refractivity contribution in [1.82, 2.24) is 10.2 Å². The third kappa shape index (κ3) is 2.93. The van der Waals surface area contributed by atoms with Gasteiger partial charge in [-0.25, -0.2) is 0 Å². The summed E-state index contributed by atoms with van der Waals surface area (Å²) < 4.78 is 0. The molecule has 1 saturated carbocycles. The fraction of sp³-hybridized carbons (Fsp3) is 0.706. The van der Waals surface area contributed by atoms with Crippen LogP contribution in [0.15, 0.2) is 12.1 Å². The van der Waals surface area contributed by atoms with Gasteiger partial charge < -0.3 is 20.4 Å². The van der Waals surface area contributed by atoms with Gasteiger partial charge in [-0.1, -0.05) is 0 Å². The second kappa shape index (κ2) is 6.16. The van der Waals surface area contributed by atoms with E-state index in [1.165, 1.54) is 11.3 Å². The lowest BCUT2D eigenvalue weighted by Crippen LogP contribution is -2.38. The number of aliphatic hydroxyl groups excluding tert-OH is 2. The topological polar surface area (TPSA) is 72.8 Å². The van der Waals surface area contributed by atoms with Crippen molar-refractivity contribution < 1.29 is 15.0 Å². The van der Waals surface area contributed by atoms with Gasteiger partial charge in [0.1, 0.15) is 0 Å². The lowest BCUT2D eigenvalue weighted by Gasteiger charge is -2.31. The number of amides is 1. The number of nitrogens with one attached hydrogen (secondary N) is 1. The van der Waals surface area contributed by atoms with Crippen molar-refractivity contribution in [2.24, 2.45) is 11.8 Å². The molecule has 3 aliphatic rings. The Labute approximate surface area is 140 Å². The third-order valence-corrected chi connectivity index (χ3v) is 6.82. The molecule has 1 aromatic rings. The van der Waals surface area contributed by atoms with Gasteiger partial charge in [0.2, 0.25) is 0 Å². The Hall–Kier alpha value is -0.950. The van der Waals surface area contributed by atoms with E-state index in [1.807, 2.05) is 11.0 Å². The van der Waals surface area contributed by atoms with E-state index in [4.69, 9.17) is 0 Å². The quantitative estimate of drug-likeness (QED) is 0.763. The Kier molecular flexibility index (Phi) is 4.17. The molecule has 5 atom stereocenters. The molecule has 1 aromatic heterocycles. The molecule has 1 amide bonds. The van der Waals surface area contributed by atoms with Crippen LogP contribution >= 0.6 is 11.3 Å². The monoisotopic (exact) mass is 336 g/mol. The largest absolute Gasteiger partial charge is 0.390 e. The Morgan fingerprint density at radius 2 is 1.87 bits per heavy atom. The molecule has 6 heteroatoms. The standard InChI is InChI=1S/C17H24N2O3S/c20-13-6-10-8-19(9-11(10)7-14(13)21)17(22)16-4-3-15(23-16)12-2-1-5-18-12/h3-4,10-14,18,20-21H,1-2,5-9H2/t10-,11+,12-,13+,14+/m1/s1. The molecule has 0 bridgehead atoms. The van der Waals surface area contributed by atoms with Crippen LogP contribution in [-0.4, -0.2) is 52.9 Å². The van der Waals surface area contributed by atoms with Gasteiger partial charge in [0.15, 0.2) is 0 Å². The Morgan fingerprint density at radius 3 is 2.48 bits per heavy atom. The highest BCUT2D eigenvalue weighted by Crippen LogP contribution is 2.38. The molecule has 2 saturated heterocycles. The first-order chi connectivity index (χ1) is 11.1. The van der Waals surface area contributed by atoms with Crippen LogP contribution in [0, 0.1) is 11.8 Å². The molecule has 0 unspecified atom stereocenters. The van der Waals surface area contributed by atoms with Crippen molar-refractivity contribution in [3.8, 4) is 0 Å². The van der Waals surface area contributed by atoms with Gasteiger partial charge in [-0.3, -0.25) is 4.79 Å². The van der Waals surface area contributed by atoms with Crippen LogP contribution in [0.25, 0.3) is 0 Å². The fourth-order valence-corrected chi connectivity index (χ4v) is 5.40. The number of hydrogen-bond donors (Lipinski definition) is 3. The molecule has 5 nitrogen and oxygen atoms in total. The number of thiophene rings is 1. The first kappa shape index (κ1) is 15.6. The average molecular weight is 336 g/mol. The lowest BCUT2D eigenvalue weighted by atomic mass is 9.79. The number of fused-ring (bicyclic) bond motifs is 1. The van der Waals surface area contributed by atoms with Crippen molar-refractivity contribution in [2.75, 3.05) is 19.6 Å². The maximum Gasteiger partial charge on any atom is 0.263 e. The molecule has 0 spiro atoms. The predicted molar refractivity (Wildman–Crippen MR) is 88.4 cm³/mol. The van der Waals surface area contributed by atoms with E-state index in [0.717, 1.165) is 17.8 Å². The maximum atomic E-state index is 12.8. The van der Waals surface area contributed by atoms with E-state index < -0.39 is 12.2 Å². The minimum atomic E-state index is -0.631. The first-order valence-corrected chi connectivity index (χ1v) is 9.42. The number of likely N-dealkylation sites (tertiary alicyclic amines) is 1. The second-order valence-electron chi connectivity index (χ2n) is 7.19. The van der Waals surface area contributed by atoms with Crippen molar-refractivity contribution in [3.05, 3.63) is 21.9 Å². The van der Waals surface area contributed by atoms with Crippen LogP contribution in [0.2, 0.25) is 0 Å². The summed E-state index contributed by atoms with van der Waals surface area (Å²) in [7, 11) is 0. The lowest BCUT2D eigenvalue weighted by molar-refractivity contribution is -0.0372. The zero-order chi connectivity index (χ0) is 16.0. The molecule has 126 valence electrons. The summed E-state index contributed by atoms with van der Waals surface area (Å²) in [6, 6.07) is 4.44. The highest BCUT2D eigenvalue weighted by molar-refractivity contribution is 7.14. The van der Waals surface area contributed by atoms with E-state index in [-0.39, 0.29) is 5.91 Å². The van der Waals surface area contributed by atoms with Gasteiger partial charge in [0.25, 0.3) is 5.91 Å². The van der Waals surface area contributed by atoms with Crippen LogP contribution in [0.5, 0.6) is 0 Å². The summed E-state index contributed by atoms with van der Waals surface area (Å²) in [4.78, 5) is 16.8. The fourth-order valence-electron chi connectivity index (χ4n) is 4.31. The van der Waals surface area contributed by atoms with Gasteiger partial charge >= 0.3 is 0 Å². The summed E-state index contributed by atoms with van der Waals surface area (Å²) in [6.45, 7) is 2.48. The number of nitrogens with zero attached hydrogens (tertiary/aromatic N) is 1. The number of hydrogen-bond acceptors (Lipinski definition) is 5. The molecule has 4 rings (SSSR count). The summed E-state index contributed by atoms with van der Waals surface area (Å²) in [5, 5.41) is 23.1. The highest BCUT2D eigenvalue weighted by atomic mass is 32.1. The van der Waals surface area contributed by atoms with E-state index >= 15 is 0 Å². The van der Waals surface area contributed by atoms with Gasteiger partial charge in [-0.2, -0.15) is 0 Å². The maximum absolute atomic E-state index is 12.8. The molecule has 0 aromatic carbocycles. The average Bonchev–Trinajstić information content (AvgIpc) is 3.26. The summed E-state index contributed by atoms with van der Waals surface area (Å²) in [6.07, 6.45) is 2.31. The Balaban J connectivity index is 1.43. The number of carbonyl (C=O) groups excluding carboxylic acids is 1. The molecule has 3 N–H and O–H groups in total. The van der Waals surface area contributed by atoms with Crippen LogP contribution < -0.4 is 5.32 Å². The molecule has 1 aliphatic carbocycles. The van der Waals surface area contributed by atoms with Crippen molar-refractivity contribution >= 4 is 17.2 Å². The minimum absolute atomic E-state index is 0.109. The number of aliphatic hydroxyl groups is 2. The summed E-state index contributed by atoms with van der Waals surface area (Å²) >= 11 is 1.61. The van der Waals surface area contributed by atoms with Crippen LogP contribution in [0.1, 0.15) is 46.3 Å². The summed E-state index contributed by atoms with van der Waals surface area (Å²) in [5.41, 5.74) is 0. The smallest absolute Gasteiger partial charge is 0.263 e. The minimum Gasteiger partial charge on any atom is -0.390 e. The molecule has 0 radical (unpaired) electrons. The van der Waals surface area contributed by atoms with E-state index in [9.17, 15) is 15.0 Å². The van der Waals surface area contributed by atoms with Crippen molar-refractivity contribution in [2.45, 2.75) is 43.9 Å². The highest BCUT2D eigenvalue weighted by Gasteiger charge is 2.42. The Bertz CT molecular complexity index is 566. The summed E-state index contributed by atoms with van der Waals surface area (Å²) in [5.74, 6) is 0.763. The van der Waals surface area contributed by atoms with Gasteiger partial charge in [-0.15, -0.1) is 11.3 Å². The van der Waals surface area contributed by atoms with Gasteiger partial charge in [0.05, 0.1) is 17.1 Å². The van der Waals surface area contributed by atoms with Crippen molar-refractivity contribution in [1.29, 1.82) is 0 Å². The zero-order valence-corrected chi connectivity index (χ0v) is 14.0. The second-order valence-corrected chi connectivity index (χ2v) is 8.30. The van der Waals surface area contributed by atoms with E-state index in [1.54, 1.807) is 11.3 Å². The van der Waals surface area contributed by atoms with Crippen molar-refractivity contribution in [3.63, 3.8) is 0 Å². The van der Waals surface area contributed by atoms with Crippen LogP contribution in [0.3, 0.4) is 0 Å². The SMILES string of the molecule is O=C(c1ccc([C@H]2CCCN2)s1)N1C[C@H]2C[C@H](O)[C@@H](O)C[C@H]2C1. The molecular weight excluding hydrogens is 312 g/mol. The third-order valence-electron chi connectivity index (χ3n) is 5.64. The van der Waals surface area contributed by atoms with E-state index in [2.05, 4.69) is 11.4 Å². The zero-order valence-electron chi connectivity index (χ0n) is 13.1. The molecule has 2 aliphatic heterocycles. The molecule has 23 heavy (non-hydrogen) atoms. The number of carbonyl (C=O) groups is 1. The molecule has 3 heterocycles. The van der Waals surface area contributed by atoms with Gasteiger partial charge in [-0.05, 0) is 56.2 Å². The van der Waals surface area contributed by atoms with E-state index in [0.29, 0.717) is 43.8 Å². The van der Waals surface area contributed by atoms with Gasteiger partial charge in [0, 0.05) is 24.0 Å².